The Balaban J connectivity index is 0.000000638. The fraction of sp³-hybridized carbons (Fsp3) is 0.667. The molecular formula is C27H41F3N4O4. The van der Waals surface area contributed by atoms with Gasteiger partial charge in [0.2, 0.25) is 5.91 Å². The number of likely N-dealkylation sites (tertiary alicyclic amines) is 1. The van der Waals surface area contributed by atoms with Crippen molar-refractivity contribution in [2.24, 2.45) is 0 Å². The van der Waals surface area contributed by atoms with Gasteiger partial charge in [0.25, 0.3) is 5.91 Å². The molecular weight excluding hydrogens is 501 g/mol. The van der Waals surface area contributed by atoms with Gasteiger partial charge in [0.05, 0.1) is 0 Å². The number of hydrogen-bond donors (Lipinski definition) is 2. The number of nitrogens with zero attached hydrogens (tertiary/aromatic N) is 3. The Hall–Kier alpha value is -2.66. The summed E-state index contributed by atoms with van der Waals surface area (Å²) in [6, 6.07) is 7.99. The number of amides is 2. The van der Waals surface area contributed by atoms with Crippen LogP contribution >= 0.6 is 0 Å². The van der Waals surface area contributed by atoms with Crippen LogP contribution in [0.5, 0.6) is 0 Å². The van der Waals surface area contributed by atoms with Crippen LogP contribution in [0, 0.1) is 0 Å². The van der Waals surface area contributed by atoms with Gasteiger partial charge in [0, 0.05) is 57.8 Å². The molecule has 0 aliphatic carbocycles. The molecule has 2 saturated heterocycles. The van der Waals surface area contributed by atoms with Gasteiger partial charge in [-0.25, -0.2) is 4.79 Å². The molecule has 11 heteroatoms. The Morgan fingerprint density at radius 2 is 1.47 bits per heavy atom. The van der Waals surface area contributed by atoms with Crippen LogP contribution in [0.1, 0.15) is 62.4 Å². The molecule has 2 N–H and O–H groups in total. The first-order valence-corrected chi connectivity index (χ1v) is 13.2. The van der Waals surface area contributed by atoms with Crippen molar-refractivity contribution in [3.05, 3.63) is 35.4 Å². The molecule has 2 aliphatic rings. The number of carbonyl (C=O) groups excluding carboxylic acids is 2. The number of benzene rings is 1. The zero-order chi connectivity index (χ0) is 28.3. The molecule has 0 bridgehead atoms. The highest BCUT2D eigenvalue weighted by atomic mass is 19.4. The van der Waals surface area contributed by atoms with Gasteiger partial charge in [-0.05, 0) is 49.0 Å². The summed E-state index contributed by atoms with van der Waals surface area (Å²) in [7, 11) is 0. The third-order valence-corrected chi connectivity index (χ3v) is 6.73. The second-order valence-electron chi connectivity index (χ2n) is 10.7. The van der Waals surface area contributed by atoms with E-state index in [1.807, 2.05) is 21.9 Å². The van der Waals surface area contributed by atoms with Crippen molar-refractivity contribution in [1.29, 1.82) is 0 Å². The summed E-state index contributed by atoms with van der Waals surface area (Å²) in [5.41, 5.74) is 1.99. The van der Waals surface area contributed by atoms with Crippen LogP contribution in [0.3, 0.4) is 0 Å². The molecule has 2 aliphatic heterocycles. The van der Waals surface area contributed by atoms with Crippen LogP contribution in [-0.2, 0) is 15.0 Å². The lowest BCUT2D eigenvalue weighted by molar-refractivity contribution is -0.192. The van der Waals surface area contributed by atoms with Gasteiger partial charge >= 0.3 is 12.1 Å². The van der Waals surface area contributed by atoms with E-state index >= 15 is 0 Å². The van der Waals surface area contributed by atoms with Crippen molar-refractivity contribution >= 4 is 17.8 Å². The van der Waals surface area contributed by atoms with E-state index in [9.17, 15) is 22.8 Å². The number of nitrogens with one attached hydrogen (secondary N) is 1. The maximum absolute atomic E-state index is 13.3. The van der Waals surface area contributed by atoms with Crippen molar-refractivity contribution in [3.8, 4) is 0 Å². The van der Waals surface area contributed by atoms with Gasteiger partial charge in [0.15, 0.2) is 0 Å². The number of piperazine rings is 1. The monoisotopic (exact) mass is 542 g/mol. The van der Waals surface area contributed by atoms with Crippen molar-refractivity contribution in [1.82, 2.24) is 20.0 Å². The number of rotatable bonds is 7. The number of aliphatic carboxylic acids is 1. The second-order valence-corrected chi connectivity index (χ2v) is 10.7. The number of hydrogen-bond acceptors (Lipinski definition) is 5. The van der Waals surface area contributed by atoms with Crippen LogP contribution in [0.15, 0.2) is 24.3 Å². The maximum Gasteiger partial charge on any atom is 0.490 e. The summed E-state index contributed by atoms with van der Waals surface area (Å²) in [6.07, 6.45) is -0.905. The molecule has 0 unspecified atom stereocenters. The first-order valence-electron chi connectivity index (χ1n) is 13.2. The summed E-state index contributed by atoms with van der Waals surface area (Å²) in [6.45, 7) is 14.0. The van der Waals surface area contributed by atoms with E-state index < -0.39 is 12.1 Å². The Morgan fingerprint density at radius 3 is 1.97 bits per heavy atom. The van der Waals surface area contributed by atoms with Gasteiger partial charge in [-0.1, -0.05) is 39.3 Å². The lowest BCUT2D eigenvalue weighted by atomic mass is 9.86. The van der Waals surface area contributed by atoms with Gasteiger partial charge in [-0.2, -0.15) is 13.2 Å². The molecule has 0 saturated carbocycles. The Morgan fingerprint density at radius 1 is 0.921 bits per heavy atom. The molecule has 0 aromatic heterocycles. The van der Waals surface area contributed by atoms with Gasteiger partial charge in [-0.15, -0.1) is 0 Å². The molecule has 1 aromatic carbocycles. The zero-order valence-electron chi connectivity index (χ0n) is 22.6. The van der Waals surface area contributed by atoms with Gasteiger partial charge < -0.3 is 25.1 Å². The van der Waals surface area contributed by atoms with Gasteiger partial charge in [0.1, 0.15) is 0 Å². The third-order valence-electron chi connectivity index (χ3n) is 6.73. The van der Waals surface area contributed by atoms with Gasteiger partial charge in [-0.3, -0.25) is 9.59 Å². The van der Waals surface area contributed by atoms with E-state index in [1.54, 1.807) is 0 Å². The lowest BCUT2D eigenvalue weighted by Gasteiger charge is -2.31. The van der Waals surface area contributed by atoms with Crippen LogP contribution in [0.4, 0.5) is 13.2 Å². The van der Waals surface area contributed by atoms with Crippen molar-refractivity contribution < 1.29 is 32.7 Å². The number of carboxylic acids is 1. The Kier molecular flexibility index (Phi) is 12.0. The summed E-state index contributed by atoms with van der Waals surface area (Å²) in [4.78, 5) is 41.2. The third kappa shape index (κ3) is 10.6. The van der Waals surface area contributed by atoms with Crippen molar-refractivity contribution in [3.63, 3.8) is 0 Å². The smallest absolute Gasteiger partial charge is 0.475 e. The predicted octanol–water partition coefficient (Wildman–Crippen LogP) is 3.37. The van der Waals surface area contributed by atoms with E-state index in [2.05, 4.69) is 43.1 Å². The number of halogens is 3. The molecule has 0 radical (unpaired) electrons. The second kappa shape index (κ2) is 14.5. The predicted molar refractivity (Wildman–Crippen MR) is 139 cm³/mol. The number of alkyl halides is 3. The molecule has 2 heterocycles. The van der Waals surface area contributed by atoms with E-state index in [1.165, 1.54) is 24.8 Å². The molecule has 1 aromatic rings. The molecule has 0 atom stereocenters. The van der Waals surface area contributed by atoms with Crippen LogP contribution in [0.2, 0.25) is 0 Å². The van der Waals surface area contributed by atoms with E-state index in [0.717, 1.165) is 45.8 Å². The van der Waals surface area contributed by atoms with Crippen LogP contribution in [-0.4, -0.2) is 103 Å². The number of carboxylic acid groups (broad SMARTS) is 1. The normalized spacial score (nSPS) is 16.8. The van der Waals surface area contributed by atoms with Crippen molar-refractivity contribution in [2.45, 2.75) is 58.0 Å². The highest BCUT2D eigenvalue weighted by Gasteiger charge is 2.38. The number of carbonyl (C=O) groups is 3. The molecule has 38 heavy (non-hydrogen) atoms. The average molecular weight is 543 g/mol. The largest absolute Gasteiger partial charge is 0.490 e. The first-order chi connectivity index (χ1) is 17.8. The van der Waals surface area contributed by atoms with E-state index in [4.69, 9.17) is 9.90 Å². The summed E-state index contributed by atoms with van der Waals surface area (Å²) < 4.78 is 31.7. The first kappa shape index (κ1) is 31.6. The maximum atomic E-state index is 13.3. The Bertz CT molecular complexity index is 904. The highest BCUT2D eigenvalue weighted by Crippen LogP contribution is 2.22. The molecule has 3 rings (SSSR count). The molecule has 214 valence electrons. The standard InChI is InChI=1S/C25H40N4O2.C2HF3O2/c1-25(2,3)22-9-7-21(8-10-22)24(31)29(20-19-27-14-5-4-6-15-27)16-11-23(30)28-17-12-26-13-18-28;3-2(4,5)1(6)7/h7-10,26H,4-6,11-20H2,1-3H3;(H,6,7). The minimum atomic E-state index is -5.08. The Labute approximate surface area is 223 Å². The van der Waals surface area contributed by atoms with E-state index in [-0.39, 0.29) is 17.2 Å². The molecule has 2 fully saturated rings. The van der Waals surface area contributed by atoms with E-state index in [0.29, 0.717) is 25.1 Å². The quantitative estimate of drug-likeness (QED) is 0.549. The van der Waals surface area contributed by atoms with Crippen LogP contribution in [0.25, 0.3) is 0 Å². The minimum Gasteiger partial charge on any atom is -0.475 e. The fourth-order valence-corrected chi connectivity index (χ4v) is 4.36. The summed E-state index contributed by atoms with van der Waals surface area (Å²) >= 11 is 0. The number of piperidine rings is 1. The molecule has 2 amide bonds. The van der Waals surface area contributed by atoms with Crippen molar-refractivity contribution in [2.75, 3.05) is 58.9 Å². The summed E-state index contributed by atoms with van der Waals surface area (Å²) in [5.74, 6) is -2.57. The SMILES string of the molecule is CC(C)(C)c1ccc(C(=O)N(CCC(=O)N2CCNCC2)CCN2CCCCC2)cc1.O=C(O)C(F)(F)F. The minimum absolute atomic E-state index is 0.0329. The highest BCUT2D eigenvalue weighted by molar-refractivity contribution is 5.94. The molecule has 8 nitrogen and oxygen atoms in total. The van der Waals surface area contributed by atoms with Crippen LogP contribution < -0.4 is 5.32 Å². The fourth-order valence-electron chi connectivity index (χ4n) is 4.36. The molecule has 0 spiro atoms. The summed E-state index contributed by atoms with van der Waals surface area (Å²) in [5, 5.41) is 10.4. The zero-order valence-corrected chi connectivity index (χ0v) is 22.6. The lowest BCUT2D eigenvalue weighted by Crippen LogP contribution is -2.47. The topological polar surface area (TPSA) is 93.2 Å². The average Bonchev–Trinajstić information content (AvgIpc) is 2.88.